The first-order chi connectivity index (χ1) is 14.5. The van der Waals surface area contributed by atoms with Gasteiger partial charge in [0.05, 0.1) is 29.7 Å². The first kappa shape index (κ1) is 20.3. The Kier molecular flexibility index (Phi) is 5.93. The van der Waals surface area contributed by atoms with E-state index in [1.165, 1.54) is 12.8 Å². The third-order valence-electron chi connectivity index (χ3n) is 5.51. The van der Waals surface area contributed by atoms with Crippen molar-refractivity contribution in [1.82, 2.24) is 14.8 Å². The molecular formula is C25H28N4O. The number of hydrogen-bond donors (Lipinski definition) is 2. The molecule has 2 heterocycles. The molecule has 3 aromatic rings. The fourth-order valence-corrected chi connectivity index (χ4v) is 3.56. The van der Waals surface area contributed by atoms with Crippen LogP contribution >= 0.6 is 0 Å². The van der Waals surface area contributed by atoms with E-state index >= 15 is 0 Å². The van der Waals surface area contributed by atoms with Crippen LogP contribution in [0.1, 0.15) is 37.9 Å². The lowest BCUT2D eigenvalue weighted by atomic mass is 10.0. The summed E-state index contributed by atoms with van der Waals surface area (Å²) < 4.78 is 1.91. The average molecular weight is 401 g/mol. The van der Waals surface area contributed by atoms with Gasteiger partial charge in [-0.05, 0) is 49.1 Å². The van der Waals surface area contributed by atoms with Gasteiger partial charge in [0, 0.05) is 22.7 Å². The molecule has 1 aliphatic rings. The summed E-state index contributed by atoms with van der Waals surface area (Å²) in [7, 11) is 0. The molecule has 1 saturated carbocycles. The third kappa shape index (κ3) is 4.58. The molecule has 154 valence electrons. The summed E-state index contributed by atoms with van der Waals surface area (Å²) in [5, 5.41) is 14.7. The van der Waals surface area contributed by atoms with E-state index in [0.29, 0.717) is 5.57 Å². The van der Waals surface area contributed by atoms with Gasteiger partial charge in [-0.3, -0.25) is 4.98 Å². The molecule has 1 unspecified atom stereocenters. The second-order valence-corrected chi connectivity index (χ2v) is 8.05. The molecule has 0 bridgehead atoms. The van der Waals surface area contributed by atoms with Gasteiger partial charge in [-0.2, -0.15) is 5.10 Å². The number of fused-ring (bicyclic) bond motifs is 1. The van der Waals surface area contributed by atoms with E-state index in [-0.39, 0.29) is 12.6 Å². The topological polar surface area (TPSA) is 77.0 Å². The Morgan fingerprint density at radius 3 is 2.93 bits per heavy atom. The number of nitrogens with zero attached hydrogens (tertiary/aromatic N) is 3. The van der Waals surface area contributed by atoms with Gasteiger partial charge in [-0.15, -0.1) is 0 Å². The summed E-state index contributed by atoms with van der Waals surface area (Å²) in [6.07, 6.45) is 11.1. The molecule has 1 aromatic carbocycles. The Bertz CT molecular complexity index is 1120. The van der Waals surface area contributed by atoms with E-state index in [9.17, 15) is 0 Å². The lowest BCUT2D eigenvalue weighted by Crippen LogP contribution is -2.12. The van der Waals surface area contributed by atoms with Crippen LogP contribution in [0.2, 0.25) is 0 Å². The van der Waals surface area contributed by atoms with Crippen molar-refractivity contribution in [3.8, 4) is 11.3 Å². The fourth-order valence-electron chi connectivity index (χ4n) is 3.56. The molecule has 4 rings (SSSR count). The molecule has 3 N–H and O–H groups in total. The number of benzene rings is 1. The highest BCUT2D eigenvalue weighted by Crippen LogP contribution is 2.36. The van der Waals surface area contributed by atoms with E-state index in [2.05, 4.69) is 29.9 Å². The Hall–Kier alpha value is -3.02. The summed E-state index contributed by atoms with van der Waals surface area (Å²) in [4.78, 5) is 4.85. The van der Waals surface area contributed by atoms with Crippen LogP contribution < -0.4 is 5.73 Å². The minimum Gasteiger partial charge on any atom is -0.392 e. The summed E-state index contributed by atoms with van der Waals surface area (Å²) in [5.41, 5.74) is 12.0. The van der Waals surface area contributed by atoms with Crippen molar-refractivity contribution in [3.63, 3.8) is 0 Å². The van der Waals surface area contributed by atoms with E-state index in [4.69, 9.17) is 15.8 Å². The van der Waals surface area contributed by atoms with Crippen LogP contribution in [0.15, 0.2) is 73.0 Å². The molecule has 0 spiro atoms. The van der Waals surface area contributed by atoms with Gasteiger partial charge < -0.3 is 10.8 Å². The van der Waals surface area contributed by atoms with Gasteiger partial charge in [0.25, 0.3) is 0 Å². The molecule has 1 fully saturated rings. The minimum atomic E-state index is -0.0478. The van der Waals surface area contributed by atoms with Crippen molar-refractivity contribution in [3.05, 3.63) is 78.7 Å². The lowest BCUT2D eigenvalue weighted by Gasteiger charge is -2.12. The zero-order valence-corrected chi connectivity index (χ0v) is 17.3. The zero-order valence-electron chi connectivity index (χ0n) is 17.3. The second kappa shape index (κ2) is 8.78. The smallest absolute Gasteiger partial charge is 0.0743 e. The second-order valence-electron chi connectivity index (χ2n) is 8.05. The molecule has 0 aliphatic heterocycles. The van der Waals surface area contributed by atoms with Crippen LogP contribution in [-0.2, 0) is 0 Å². The Morgan fingerprint density at radius 2 is 2.17 bits per heavy atom. The first-order valence-corrected chi connectivity index (χ1v) is 10.4. The predicted octanol–water partition coefficient (Wildman–Crippen LogP) is 4.86. The van der Waals surface area contributed by atoms with E-state index < -0.39 is 0 Å². The molecule has 0 radical (unpaired) electrons. The summed E-state index contributed by atoms with van der Waals surface area (Å²) in [6.45, 7) is 5.72. The van der Waals surface area contributed by atoms with Crippen LogP contribution in [0.4, 0.5) is 0 Å². The van der Waals surface area contributed by atoms with Gasteiger partial charge in [0.1, 0.15) is 0 Å². The van der Waals surface area contributed by atoms with Crippen LogP contribution in [0.5, 0.6) is 0 Å². The maximum Gasteiger partial charge on any atom is 0.0743 e. The van der Waals surface area contributed by atoms with Crippen molar-refractivity contribution in [2.24, 2.45) is 11.7 Å². The SMILES string of the molecule is C=C(/C=C\C=C(/C)n1ncc2ccc(-c3cccc(C(N)CC4CC4)n3)cc21)CO. The van der Waals surface area contributed by atoms with E-state index in [0.717, 1.165) is 45.9 Å². The van der Waals surface area contributed by atoms with Gasteiger partial charge in [-0.25, -0.2) is 4.68 Å². The van der Waals surface area contributed by atoms with Gasteiger partial charge in [0.2, 0.25) is 0 Å². The maximum atomic E-state index is 9.06. The summed E-state index contributed by atoms with van der Waals surface area (Å²) in [6, 6.07) is 12.4. The quantitative estimate of drug-likeness (QED) is 0.529. The van der Waals surface area contributed by atoms with Crippen molar-refractivity contribution >= 4 is 16.6 Å². The number of hydrogen-bond acceptors (Lipinski definition) is 4. The van der Waals surface area contributed by atoms with Crippen LogP contribution in [0, 0.1) is 5.92 Å². The highest BCUT2D eigenvalue weighted by Gasteiger charge is 2.25. The maximum absolute atomic E-state index is 9.06. The summed E-state index contributed by atoms with van der Waals surface area (Å²) in [5.74, 6) is 0.773. The number of pyridine rings is 1. The molecule has 30 heavy (non-hydrogen) atoms. The zero-order chi connectivity index (χ0) is 21.1. The Balaban J connectivity index is 1.63. The first-order valence-electron chi connectivity index (χ1n) is 10.4. The molecule has 5 nitrogen and oxygen atoms in total. The average Bonchev–Trinajstić information content (AvgIpc) is 3.48. The fraction of sp³-hybridized carbons (Fsp3) is 0.280. The highest BCUT2D eigenvalue weighted by molar-refractivity contribution is 5.86. The van der Waals surface area contributed by atoms with Crippen LogP contribution in [0.3, 0.4) is 0 Å². The largest absolute Gasteiger partial charge is 0.392 e. The number of allylic oxidation sites excluding steroid dienone is 3. The minimum absolute atomic E-state index is 0.00246. The Labute approximate surface area is 177 Å². The van der Waals surface area contributed by atoms with Crippen LogP contribution in [-0.4, -0.2) is 26.5 Å². The summed E-state index contributed by atoms with van der Waals surface area (Å²) >= 11 is 0. The van der Waals surface area contributed by atoms with Gasteiger partial charge >= 0.3 is 0 Å². The standard InChI is InChI=1S/C25H28N4O/c1-17(16-30)5-3-6-18(2)29-25-14-20(11-12-21(25)15-27-29)23-7-4-8-24(28-23)22(26)13-19-9-10-19/h3-8,11-12,14-15,19,22,30H,1,9-10,13,16,26H2,2H3/b5-3-,18-6+. The Morgan fingerprint density at radius 1 is 1.33 bits per heavy atom. The molecule has 5 heteroatoms. The van der Waals surface area contributed by atoms with Crippen molar-refractivity contribution in [1.29, 1.82) is 0 Å². The van der Waals surface area contributed by atoms with E-state index in [1.54, 1.807) is 6.08 Å². The van der Waals surface area contributed by atoms with Crippen molar-refractivity contribution in [2.45, 2.75) is 32.2 Å². The van der Waals surface area contributed by atoms with Crippen LogP contribution in [0.25, 0.3) is 27.9 Å². The van der Waals surface area contributed by atoms with E-state index in [1.807, 2.05) is 48.2 Å². The lowest BCUT2D eigenvalue weighted by molar-refractivity contribution is 0.335. The molecule has 0 amide bonds. The molecule has 1 atom stereocenters. The molecule has 0 saturated heterocycles. The molecular weight excluding hydrogens is 372 g/mol. The number of aliphatic hydroxyl groups is 1. The highest BCUT2D eigenvalue weighted by atomic mass is 16.3. The monoisotopic (exact) mass is 400 g/mol. The predicted molar refractivity (Wildman–Crippen MR) is 123 cm³/mol. The third-order valence-corrected chi connectivity index (χ3v) is 5.51. The molecule has 2 aromatic heterocycles. The number of aliphatic hydroxyl groups excluding tert-OH is 1. The van der Waals surface area contributed by atoms with Crippen molar-refractivity contribution < 1.29 is 5.11 Å². The number of aromatic nitrogens is 3. The normalized spacial score (nSPS) is 15.8. The van der Waals surface area contributed by atoms with Crippen molar-refractivity contribution in [2.75, 3.05) is 6.61 Å². The van der Waals surface area contributed by atoms with Gasteiger partial charge in [0.15, 0.2) is 0 Å². The number of nitrogens with two attached hydrogens (primary N) is 1. The molecule has 1 aliphatic carbocycles. The van der Waals surface area contributed by atoms with Gasteiger partial charge in [-0.1, -0.05) is 49.8 Å². The number of rotatable bonds is 8.